The van der Waals surface area contributed by atoms with Crippen LogP contribution in [0.3, 0.4) is 0 Å². The monoisotopic (exact) mass is 390 g/mol. The Kier molecular flexibility index (Phi) is 4.72. The Bertz CT molecular complexity index is 833. The predicted octanol–water partition coefficient (Wildman–Crippen LogP) is 3.07. The SMILES string of the molecule is O=C(NNc1c(Cl)cc(Cl)cc1Cl)c1cnc2n(c1=O)CCS2. The number of hydrogen-bond acceptors (Lipinski definition) is 5. The van der Waals surface area contributed by atoms with Gasteiger partial charge in [0.25, 0.3) is 11.5 Å². The standard InChI is InChI=1S/C13H9Cl3N4O2S/c14-6-3-8(15)10(9(16)4-6)18-19-11(21)7-5-17-13-20(12(7)22)1-2-23-13/h3-5,18H,1-2H2,(H,19,21). The Hall–Kier alpha value is -1.41. The van der Waals surface area contributed by atoms with E-state index in [9.17, 15) is 9.59 Å². The molecule has 1 amide bonds. The summed E-state index contributed by atoms with van der Waals surface area (Å²) in [7, 11) is 0. The van der Waals surface area contributed by atoms with Gasteiger partial charge in [-0.25, -0.2) is 4.98 Å². The van der Waals surface area contributed by atoms with Gasteiger partial charge in [-0.05, 0) is 12.1 Å². The Morgan fingerprint density at radius 2 is 1.96 bits per heavy atom. The van der Waals surface area contributed by atoms with Crippen LogP contribution in [-0.2, 0) is 6.54 Å². The van der Waals surface area contributed by atoms with Gasteiger partial charge in [-0.2, -0.15) is 0 Å². The van der Waals surface area contributed by atoms with Crippen molar-refractivity contribution in [2.45, 2.75) is 11.7 Å². The Labute approximate surface area is 150 Å². The molecule has 1 aliphatic rings. The zero-order valence-corrected chi connectivity index (χ0v) is 14.5. The zero-order chi connectivity index (χ0) is 16.6. The van der Waals surface area contributed by atoms with Crippen LogP contribution in [0.5, 0.6) is 0 Å². The van der Waals surface area contributed by atoms with Crippen molar-refractivity contribution in [1.82, 2.24) is 15.0 Å². The molecular formula is C13H9Cl3N4O2S. The summed E-state index contributed by atoms with van der Waals surface area (Å²) >= 11 is 19.3. The highest BCUT2D eigenvalue weighted by atomic mass is 35.5. The summed E-state index contributed by atoms with van der Waals surface area (Å²) in [5, 5.41) is 1.46. The van der Waals surface area contributed by atoms with Crippen LogP contribution in [-0.4, -0.2) is 21.2 Å². The van der Waals surface area contributed by atoms with Crippen molar-refractivity contribution in [3.8, 4) is 0 Å². The third-order valence-electron chi connectivity index (χ3n) is 3.11. The van der Waals surface area contributed by atoms with Gasteiger partial charge in [0, 0.05) is 23.5 Å². The van der Waals surface area contributed by atoms with Crippen LogP contribution < -0.4 is 16.4 Å². The van der Waals surface area contributed by atoms with E-state index in [2.05, 4.69) is 15.8 Å². The predicted molar refractivity (Wildman–Crippen MR) is 91.8 cm³/mol. The smallest absolute Gasteiger partial charge is 0.276 e. The van der Waals surface area contributed by atoms with E-state index in [0.29, 0.717) is 16.7 Å². The molecule has 1 aromatic carbocycles. The zero-order valence-electron chi connectivity index (χ0n) is 11.4. The quantitative estimate of drug-likeness (QED) is 0.621. The number of anilines is 1. The second-order valence-corrected chi connectivity index (χ2v) is 6.90. The van der Waals surface area contributed by atoms with E-state index in [0.717, 1.165) is 5.75 Å². The number of thioether (sulfide) groups is 1. The molecule has 0 fully saturated rings. The number of benzene rings is 1. The molecule has 1 aliphatic heterocycles. The third kappa shape index (κ3) is 3.28. The summed E-state index contributed by atoms with van der Waals surface area (Å²) in [6.45, 7) is 0.537. The first kappa shape index (κ1) is 16.4. The molecule has 10 heteroatoms. The van der Waals surface area contributed by atoms with Crippen molar-refractivity contribution < 1.29 is 4.79 Å². The van der Waals surface area contributed by atoms with Gasteiger partial charge in [-0.1, -0.05) is 46.6 Å². The van der Waals surface area contributed by atoms with Crippen LogP contribution in [0.25, 0.3) is 0 Å². The molecule has 2 N–H and O–H groups in total. The Balaban J connectivity index is 1.80. The highest BCUT2D eigenvalue weighted by Crippen LogP contribution is 2.33. The van der Waals surface area contributed by atoms with Gasteiger partial charge in [-0.3, -0.25) is 25.0 Å². The summed E-state index contributed by atoms with van der Waals surface area (Å²) in [5.41, 5.74) is 4.83. The maximum Gasteiger partial charge on any atom is 0.276 e. The minimum absolute atomic E-state index is 0.0649. The lowest BCUT2D eigenvalue weighted by atomic mass is 10.3. The number of hydrogen-bond donors (Lipinski definition) is 2. The lowest BCUT2D eigenvalue weighted by Gasteiger charge is -2.12. The number of nitrogens with zero attached hydrogens (tertiary/aromatic N) is 2. The molecule has 1 aromatic heterocycles. The second-order valence-electron chi connectivity index (χ2n) is 4.58. The number of halogens is 3. The Morgan fingerprint density at radius 1 is 1.26 bits per heavy atom. The molecule has 0 saturated carbocycles. The molecule has 0 saturated heterocycles. The van der Waals surface area contributed by atoms with Gasteiger partial charge in [0.15, 0.2) is 5.16 Å². The lowest BCUT2D eigenvalue weighted by Crippen LogP contribution is -2.36. The number of carbonyl (C=O) groups is 1. The highest BCUT2D eigenvalue weighted by molar-refractivity contribution is 7.99. The van der Waals surface area contributed by atoms with Crippen LogP contribution in [0.2, 0.25) is 15.1 Å². The summed E-state index contributed by atoms with van der Waals surface area (Å²) in [5.74, 6) is 0.137. The van der Waals surface area contributed by atoms with Gasteiger partial charge in [0.2, 0.25) is 0 Å². The maximum atomic E-state index is 12.2. The normalized spacial score (nSPS) is 12.8. The number of aromatic nitrogens is 2. The average molecular weight is 392 g/mol. The Morgan fingerprint density at radius 3 is 2.65 bits per heavy atom. The molecule has 2 heterocycles. The molecule has 0 aliphatic carbocycles. The minimum atomic E-state index is -0.628. The third-order valence-corrected chi connectivity index (χ3v) is 4.89. The van der Waals surface area contributed by atoms with E-state index < -0.39 is 5.91 Å². The summed E-state index contributed by atoms with van der Waals surface area (Å²) in [4.78, 5) is 28.5. The van der Waals surface area contributed by atoms with Crippen molar-refractivity contribution in [1.29, 1.82) is 0 Å². The summed E-state index contributed by atoms with van der Waals surface area (Å²) < 4.78 is 1.47. The first-order valence-corrected chi connectivity index (χ1v) is 8.53. The van der Waals surface area contributed by atoms with E-state index in [-0.39, 0.29) is 26.9 Å². The van der Waals surface area contributed by atoms with E-state index in [4.69, 9.17) is 34.8 Å². The largest absolute Gasteiger partial charge is 0.295 e. The van der Waals surface area contributed by atoms with Gasteiger partial charge < -0.3 is 0 Å². The number of nitrogens with one attached hydrogen (secondary N) is 2. The molecule has 2 aromatic rings. The van der Waals surface area contributed by atoms with Crippen LogP contribution in [0.1, 0.15) is 10.4 Å². The number of amides is 1. The van der Waals surface area contributed by atoms with Crippen molar-refractivity contribution in [2.24, 2.45) is 0 Å². The number of fused-ring (bicyclic) bond motifs is 1. The second kappa shape index (κ2) is 6.60. The molecule has 23 heavy (non-hydrogen) atoms. The van der Waals surface area contributed by atoms with Gasteiger partial charge in [-0.15, -0.1) is 0 Å². The average Bonchev–Trinajstić information content (AvgIpc) is 2.95. The van der Waals surface area contributed by atoms with Crippen LogP contribution in [0.4, 0.5) is 5.69 Å². The van der Waals surface area contributed by atoms with Crippen molar-refractivity contribution >= 4 is 58.2 Å². The number of rotatable bonds is 3. The van der Waals surface area contributed by atoms with Crippen molar-refractivity contribution in [3.05, 3.63) is 49.3 Å². The molecular weight excluding hydrogens is 383 g/mol. The number of hydrazine groups is 1. The molecule has 6 nitrogen and oxygen atoms in total. The molecule has 0 spiro atoms. The molecule has 120 valence electrons. The first-order chi connectivity index (χ1) is 11.0. The maximum absolute atomic E-state index is 12.2. The topological polar surface area (TPSA) is 76.0 Å². The van der Waals surface area contributed by atoms with Gasteiger partial charge in [0.05, 0.1) is 15.7 Å². The first-order valence-electron chi connectivity index (χ1n) is 6.41. The number of carbonyl (C=O) groups excluding carboxylic acids is 1. The molecule has 0 bridgehead atoms. The van der Waals surface area contributed by atoms with Crippen LogP contribution in [0.15, 0.2) is 28.3 Å². The fourth-order valence-electron chi connectivity index (χ4n) is 2.02. The highest BCUT2D eigenvalue weighted by Gasteiger charge is 2.20. The van der Waals surface area contributed by atoms with Gasteiger partial charge in [0.1, 0.15) is 5.56 Å². The van der Waals surface area contributed by atoms with E-state index in [1.165, 1.54) is 34.7 Å². The molecule has 0 unspecified atom stereocenters. The molecule has 0 atom stereocenters. The summed E-state index contributed by atoms with van der Waals surface area (Å²) in [6, 6.07) is 2.96. The van der Waals surface area contributed by atoms with Crippen molar-refractivity contribution in [3.63, 3.8) is 0 Å². The van der Waals surface area contributed by atoms with E-state index >= 15 is 0 Å². The fourth-order valence-corrected chi connectivity index (χ4v) is 3.85. The molecule has 0 radical (unpaired) electrons. The van der Waals surface area contributed by atoms with Crippen LogP contribution in [0, 0.1) is 0 Å². The van der Waals surface area contributed by atoms with E-state index in [1.54, 1.807) is 0 Å². The van der Waals surface area contributed by atoms with E-state index in [1.807, 2.05) is 0 Å². The van der Waals surface area contributed by atoms with Gasteiger partial charge >= 0.3 is 0 Å². The van der Waals surface area contributed by atoms with Crippen LogP contribution >= 0.6 is 46.6 Å². The lowest BCUT2D eigenvalue weighted by molar-refractivity contribution is 0.0960. The van der Waals surface area contributed by atoms with Crippen molar-refractivity contribution in [2.75, 3.05) is 11.2 Å². The summed E-state index contributed by atoms with van der Waals surface area (Å²) in [6.07, 6.45) is 1.26. The fraction of sp³-hybridized carbons (Fsp3) is 0.154. The molecule has 3 rings (SSSR count). The minimum Gasteiger partial charge on any atom is -0.295 e.